The smallest absolute Gasteiger partial charge is 0.266 e. The van der Waals surface area contributed by atoms with E-state index in [0.29, 0.717) is 34.4 Å². The van der Waals surface area contributed by atoms with Gasteiger partial charge < -0.3 is 14.8 Å². The van der Waals surface area contributed by atoms with E-state index in [9.17, 15) is 10.1 Å². The third kappa shape index (κ3) is 7.99. The lowest BCUT2D eigenvalue weighted by Crippen LogP contribution is -2.13. The number of methoxy groups -OCH3 is 1. The zero-order valence-corrected chi connectivity index (χ0v) is 18.9. The average Bonchev–Trinajstić information content (AvgIpc) is 2.78. The maximum Gasteiger partial charge on any atom is 0.266 e. The van der Waals surface area contributed by atoms with Gasteiger partial charge in [-0.1, -0.05) is 68.8 Å². The Kier molecular flexibility index (Phi) is 10.5. The Labute approximate surface area is 189 Å². The minimum Gasteiger partial charge on any atom is -0.493 e. The summed E-state index contributed by atoms with van der Waals surface area (Å²) in [4.78, 5) is 12.4. The van der Waals surface area contributed by atoms with Crippen LogP contribution in [0, 0.1) is 11.3 Å². The molecule has 0 aliphatic rings. The van der Waals surface area contributed by atoms with Crippen molar-refractivity contribution >= 4 is 29.3 Å². The van der Waals surface area contributed by atoms with Gasteiger partial charge in [-0.25, -0.2) is 0 Å². The Morgan fingerprint density at radius 2 is 1.84 bits per heavy atom. The van der Waals surface area contributed by atoms with Gasteiger partial charge in [0.05, 0.1) is 18.7 Å². The molecule has 0 bridgehead atoms. The average molecular weight is 441 g/mol. The molecule has 2 aromatic rings. The fourth-order valence-electron chi connectivity index (χ4n) is 3.05. The molecule has 0 aliphatic carbocycles. The van der Waals surface area contributed by atoms with Crippen molar-refractivity contribution in [2.75, 3.05) is 19.0 Å². The highest BCUT2D eigenvalue weighted by Gasteiger charge is 2.14. The number of nitrogens with one attached hydrogen (secondary N) is 1. The van der Waals surface area contributed by atoms with Crippen molar-refractivity contribution in [2.24, 2.45) is 0 Å². The number of amides is 1. The van der Waals surface area contributed by atoms with Gasteiger partial charge in [-0.15, -0.1) is 0 Å². The summed E-state index contributed by atoms with van der Waals surface area (Å²) in [6.07, 6.45) is 8.49. The Balaban J connectivity index is 2.06. The SMILES string of the molecule is CCCCCCCCOc1c(Cl)cc(/C=C(\C#N)C(=O)Nc2ccccc2)cc1OC. The number of rotatable bonds is 12. The van der Waals surface area contributed by atoms with Crippen LogP contribution in [0.15, 0.2) is 48.0 Å². The summed E-state index contributed by atoms with van der Waals surface area (Å²) in [5.74, 6) is 0.444. The van der Waals surface area contributed by atoms with E-state index in [1.807, 2.05) is 12.1 Å². The van der Waals surface area contributed by atoms with Crippen LogP contribution in [0.25, 0.3) is 6.08 Å². The van der Waals surface area contributed by atoms with E-state index in [-0.39, 0.29) is 5.57 Å². The van der Waals surface area contributed by atoms with Crippen LogP contribution in [0.3, 0.4) is 0 Å². The van der Waals surface area contributed by atoms with E-state index in [0.717, 1.165) is 12.8 Å². The Bertz CT molecular complexity index is 920. The quantitative estimate of drug-likeness (QED) is 0.228. The molecular weight excluding hydrogens is 412 g/mol. The second-order valence-corrected chi connectivity index (χ2v) is 7.55. The number of unbranched alkanes of at least 4 members (excludes halogenated alkanes) is 5. The first-order valence-electron chi connectivity index (χ1n) is 10.6. The molecule has 164 valence electrons. The fourth-order valence-corrected chi connectivity index (χ4v) is 3.33. The third-order valence-corrected chi connectivity index (χ3v) is 4.98. The standard InChI is InChI=1S/C25H29ClN2O3/c1-3-4-5-6-7-11-14-31-24-22(26)16-19(17-23(24)30-2)15-20(18-27)25(29)28-21-12-9-8-10-13-21/h8-10,12-13,15-17H,3-7,11,14H2,1-2H3,(H,28,29)/b20-15+. The molecule has 0 spiro atoms. The largest absolute Gasteiger partial charge is 0.493 e. The second kappa shape index (κ2) is 13.4. The molecule has 0 atom stereocenters. The van der Waals surface area contributed by atoms with Crippen molar-refractivity contribution in [2.45, 2.75) is 45.4 Å². The summed E-state index contributed by atoms with van der Waals surface area (Å²) in [6.45, 7) is 2.76. The van der Waals surface area contributed by atoms with E-state index in [2.05, 4.69) is 12.2 Å². The summed E-state index contributed by atoms with van der Waals surface area (Å²) in [5.41, 5.74) is 1.15. The summed E-state index contributed by atoms with van der Waals surface area (Å²) in [7, 11) is 1.53. The normalized spacial score (nSPS) is 11.0. The second-order valence-electron chi connectivity index (χ2n) is 7.14. The highest BCUT2D eigenvalue weighted by atomic mass is 35.5. The lowest BCUT2D eigenvalue weighted by Gasteiger charge is -2.13. The van der Waals surface area contributed by atoms with Crippen LogP contribution in [0.1, 0.15) is 51.0 Å². The Morgan fingerprint density at radius 3 is 2.52 bits per heavy atom. The molecule has 0 fully saturated rings. The number of carbonyl (C=O) groups is 1. The van der Waals surface area contributed by atoms with Gasteiger partial charge in [0.15, 0.2) is 11.5 Å². The molecule has 31 heavy (non-hydrogen) atoms. The summed E-state index contributed by atoms with van der Waals surface area (Å²) in [6, 6.07) is 14.3. The number of nitriles is 1. The summed E-state index contributed by atoms with van der Waals surface area (Å²) in [5, 5.41) is 12.5. The van der Waals surface area contributed by atoms with Crippen LogP contribution < -0.4 is 14.8 Å². The molecule has 0 saturated carbocycles. The minimum absolute atomic E-state index is 0.0391. The third-order valence-electron chi connectivity index (χ3n) is 4.70. The minimum atomic E-state index is -0.493. The molecule has 2 rings (SSSR count). The first-order chi connectivity index (χ1) is 15.1. The van der Waals surface area contributed by atoms with E-state index in [1.54, 1.807) is 36.4 Å². The number of hydrogen-bond donors (Lipinski definition) is 1. The van der Waals surface area contributed by atoms with Crippen LogP contribution in [-0.4, -0.2) is 19.6 Å². The van der Waals surface area contributed by atoms with Gasteiger partial charge in [-0.05, 0) is 42.3 Å². The molecule has 2 aromatic carbocycles. The number of nitrogens with zero attached hydrogens (tertiary/aromatic N) is 1. The van der Waals surface area contributed by atoms with E-state index < -0.39 is 5.91 Å². The molecule has 0 unspecified atom stereocenters. The number of benzene rings is 2. The van der Waals surface area contributed by atoms with Crippen LogP contribution in [0.5, 0.6) is 11.5 Å². The van der Waals surface area contributed by atoms with Gasteiger partial charge in [-0.2, -0.15) is 5.26 Å². The van der Waals surface area contributed by atoms with Gasteiger partial charge in [-0.3, -0.25) is 4.79 Å². The molecule has 0 heterocycles. The molecule has 1 N–H and O–H groups in total. The monoisotopic (exact) mass is 440 g/mol. The first kappa shape index (κ1) is 24.3. The van der Waals surface area contributed by atoms with Gasteiger partial charge in [0.25, 0.3) is 5.91 Å². The van der Waals surface area contributed by atoms with Gasteiger partial charge >= 0.3 is 0 Å². The van der Waals surface area contributed by atoms with Crippen LogP contribution >= 0.6 is 11.6 Å². The number of carbonyl (C=O) groups excluding carboxylic acids is 1. The Morgan fingerprint density at radius 1 is 1.13 bits per heavy atom. The number of para-hydroxylation sites is 1. The van der Waals surface area contributed by atoms with E-state index in [4.69, 9.17) is 21.1 Å². The highest BCUT2D eigenvalue weighted by molar-refractivity contribution is 6.32. The molecule has 0 saturated heterocycles. The predicted molar refractivity (Wildman–Crippen MR) is 126 cm³/mol. The van der Waals surface area contributed by atoms with Crippen molar-refractivity contribution in [3.05, 3.63) is 58.6 Å². The van der Waals surface area contributed by atoms with Crippen molar-refractivity contribution in [1.29, 1.82) is 5.26 Å². The zero-order chi connectivity index (χ0) is 22.5. The zero-order valence-electron chi connectivity index (χ0n) is 18.1. The molecule has 0 aliphatic heterocycles. The van der Waals surface area contributed by atoms with Gasteiger partial charge in [0.1, 0.15) is 11.6 Å². The van der Waals surface area contributed by atoms with Crippen molar-refractivity contribution in [3.8, 4) is 17.6 Å². The van der Waals surface area contributed by atoms with Gasteiger partial charge in [0, 0.05) is 5.69 Å². The van der Waals surface area contributed by atoms with Crippen molar-refractivity contribution in [3.63, 3.8) is 0 Å². The molecule has 0 radical (unpaired) electrons. The summed E-state index contributed by atoms with van der Waals surface area (Å²) < 4.78 is 11.3. The molecule has 1 amide bonds. The molecule has 0 aromatic heterocycles. The van der Waals surface area contributed by atoms with Crippen LogP contribution in [-0.2, 0) is 4.79 Å². The van der Waals surface area contributed by atoms with E-state index >= 15 is 0 Å². The van der Waals surface area contributed by atoms with Crippen LogP contribution in [0.2, 0.25) is 5.02 Å². The summed E-state index contributed by atoms with van der Waals surface area (Å²) >= 11 is 6.41. The molecular formula is C25H29ClN2O3. The lowest BCUT2D eigenvalue weighted by atomic mass is 10.1. The van der Waals surface area contributed by atoms with Crippen LogP contribution in [0.4, 0.5) is 5.69 Å². The molecule has 5 nitrogen and oxygen atoms in total. The topological polar surface area (TPSA) is 71.3 Å². The van der Waals surface area contributed by atoms with Crippen molar-refractivity contribution < 1.29 is 14.3 Å². The number of halogens is 1. The number of anilines is 1. The highest BCUT2D eigenvalue weighted by Crippen LogP contribution is 2.37. The first-order valence-corrected chi connectivity index (χ1v) is 10.9. The maximum atomic E-state index is 12.4. The number of ether oxygens (including phenoxy) is 2. The van der Waals surface area contributed by atoms with E-state index in [1.165, 1.54) is 38.9 Å². The van der Waals surface area contributed by atoms with Gasteiger partial charge in [0.2, 0.25) is 0 Å². The lowest BCUT2D eigenvalue weighted by molar-refractivity contribution is -0.112. The predicted octanol–water partition coefficient (Wildman–Crippen LogP) is 6.63. The maximum absolute atomic E-state index is 12.4. The van der Waals surface area contributed by atoms with Crippen molar-refractivity contribution in [1.82, 2.24) is 0 Å². The molecule has 6 heteroatoms. The number of hydrogen-bond acceptors (Lipinski definition) is 4. The fraction of sp³-hybridized carbons (Fsp3) is 0.360. The Hall–Kier alpha value is -2.97.